The minimum atomic E-state index is -0.453. The normalized spacial score (nSPS) is 15.6. The summed E-state index contributed by atoms with van der Waals surface area (Å²) in [5, 5.41) is 0.468. The van der Waals surface area contributed by atoms with Crippen LogP contribution in [-0.2, 0) is 5.33 Å². The second kappa shape index (κ2) is 6.00. The van der Waals surface area contributed by atoms with E-state index in [2.05, 4.69) is 15.9 Å². The molecule has 0 aliphatic heterocycles. The van der Waals surface area contributed by atoms with Crippen LogP contribution in [0.4, 0.5) is 14.5 Å². The molecule has 1 aromatic carbocycles. The third-order valence-electron chi connectivity index (χ3n) is 3.63. The molecule has 0 aromatic heterocycles. The summed E-state index contributed by atoms with van der Waals surface area (Å²) in [6, 6.07) is 2.83. The molecule has 0 unspecified atom stereocenters. The van der Waals surface area contributed by atoms with Gasteiger partial charge in [-0.15, -0.1) is 0 Å². The summed E-state index contributed by atoms with van der Waals surface area (Å²) < 4.78 is 28.0. The van der Waals surface area contributed by atoms with Crippen molar-refractivity contribution in [1.29, 1.82) is 0 Å². The molecule has 0 N–H and O–H groups in total. The third-order valence-corrected chi connectivity index (χ3v) is 4.28. The summed E-state index contributed by atoms with van der Waals surface area (Å²) in [5.74, 6) is -0.309. The SMILES string of the molecule is CCN(CC1CCC1)c1c(F)cc(CBr)cc1F. The van der Waals surface area contributed by atoms with Crippen molar-refractivity contribution in [3.8, 4) is 0 Å². The fraction of sp³-hybridized carbons (Fsp3) is 0.571. The second-order valence-electron chi connectivity index (χ2n) is 4.88. The van der Waals surface area contributed by atoms with Gasteiger partial charge in [0.2, 0.25) is 0 Å². The van der Waals surface area contributed by atoms with Crippen molar-refractivity contribution in [2.24, 2.45) is 5.92 Å². The standard InChI is InChI=1S/C14H18BrF2N/c1-2-18(9-10-4-3-5-10)14-12(16)6-11(8-15)7-13(14)17/h6-7,10H,2-5,8-9H2,1H3. The highest BCUT2D eigenvalue weighted by Gasteiger charge is 2.23. The van der Waals surface area contributed by atoms with Gasteiger partial charge < -0.3 is 4.90 Å². The van der Waals surface area contributed by atoms with E-state index in [0.29, 0.717) is 23.4 Å². The summed E-state index contributed by atoms with van der Waals surface area (Å²) in [7, 11) is 0. The smallest absolute Gasteiger partial charge is 0.149 e. The van der Waals surface area contributed by atoms with Crippen LogP contribution in [0.5, 0.6) is 0 Å². The first kappa shape index (κ1) is 13.8. The van der Waals surface area contributed by atoms with Crippen LogP contribution >= 0.6 is 15.9 Å². The van der Waals surface area contributed by atoms with Gasteiger partial charge in [-0.25, -0.2) is 8.78 Å². The lowest BCUT2D eigenvalue weighted by Crippen LogP contribution is -2.33. The van der Waals surface area contributed by atoms with Crippen molar-refractivity contribution >= 4 is 21.6 Å². The molecule has 0 saturated heterocycles. The van der Waals surface area contributed by atoms with Crippen LogP contribution in [0.25, 0.3) is 0 Å². The van der Waals surface area contributed by atoms with Crippen molar-refractivity contribution in [3.63, 3.8) is 0 Å². The molecule has 1 aliphatic rings. The first-order chi connectivity index (χ1) is 8.65. The number of halogens is 3. The molecular weight excluding hydrogens is 300 g/mol. The molecule has 1 aliphatic carbocycles. The Morgan fingerprint density at radius 3 is 2.28 bits per heavy atom. The minimum Gasteiger partial charge on any atom is -0.367 e. The monoisotopic (exact) mass is 317 g/mol. The van der Waals surface area contributed by atoms with E-state index >= 15 is 0 Å². The van der Waals surface area contributed by atoms with Gasteiger partial charge in [-0.1, -0.05) is 22.4 Å². The number of nitrogens with zero attached hydrogens (tertiary/aromatic N) is 1. The molecule has 2 rings (SSSR count). The number of hydrogen-bond acceptors (Lipinski definition) is 1. The van der Waals surface area contributed by atoms with Crippen LogP contribution in [0.1, 0.15) is 31.7 Å². The Morgan fingerprint density at radius 1 is 1.28 bits per heavy atom. The van der Waals surface area contributed by atoms with Crippen LogP contribution in [-0.4, -0.2) is 13.1 Å². The lowest BCUT2D eigenvalue weighted by Gasteiger charge is -2.33. The molecule has 1 saturated carbocycles. The van der Waals surface area contributed by atoms with E-state index < -0.39 is 11.6 Å². The lowest BCUT2D eigenvalue weighted by atomic mass is 9.85. The van der Waals surface area contributed by atoms with Gasteiger partial charge in [-0.05, 0) is 43.4 Å². The molecule has 0 bridgehead atoms. The van der Waals surface area contributed by atoms with Gasteiger partial charge in [0.05, 0.1) is 0 Å². The molecule has 0 heterocycles. The molecular formula is C14H18BrF2N. The van der Waals surface area contributed by atoms with E-state index in [4.69, 9.17) is 0 Å². The third kappa shape index (κ3) is 2.85. The minimum absolute atomic E-state index is 0.133. The summed E-state index contributed by atoms with van der Waals surface area (Å²) in [6.45, 7) is 3.34. The topological polar surface area (TPSA) is 3.24 Å². The maximum Gasteiger partial charge on any atom is 0.149 e. The predicted octanol–water partition coefficient (Wildman–Crippen LogP) is 4.49. The lowest BCUT2D eigenvalue weighted by molar-refractivity contribution is 0.317. The molecule has 18 heavy (non-hydrogen) atoms. The predicted molar refractivity (Wildman–Crippen MR) is 74.2 cm³/mol. The average molecular weight is 318 g/mol. The quantitative estimate of drug-likeness (QED) is 0.723. The largest absolute Gasteiger partial charge is 0.367 e. The van der Waals surface area contributed by atoms with E-state index in [1.807, 2.05) is 11.8 Å². The van der Waals surface area contributed by atoms with Crippen molar-refractivity contribution in [1.82, 2.24) is 0 Å². The van der Waals surface area contributed by atoms with Crippen LogP contribution in [0.15, 0.2) is 12.1 Å². The van der Waals surface area contributed by atoms with Gasteiger partial charge >= 0.3 is 0 Å². The summed E-state index contributed by atoms with van der Waals surface area (Å²) in [6.07, 6.45) is 3.61. The number of benzene rings is 1. The van der Waals surface area contributed by atoms with Crippen LogP contribution in [0.3, 0.4) is 0 Å². The zero-order valence-electron chi connectivity index (χ0n) is 10.6. The van der Waals surface area contributed by atoms with Gasteiger partial charge in [0.15, 0.2) is 0 Å². The van der Waals surface area contributed by atoms with Gasteiger partial charge in [0, 0.05) is 18.4 Å². The summed E-state index contributed by atoms with van der Waals surface area (Å²) in [4.78, 5) is 1.83. The van der Waals surface area contributed by atoms with Gasteiger partial charge in [-0.2, -0.15) is 0 Å². The molecule has 4 heteroatoms. The average Bonchev–Trinajstić information content (AvgIpc) is 2.29. The highest BCUT2D eigenvalue weighted by Crippen LogP contribution is 2.31. The Hall–Kier alpha value is -0.640. The zero-order valence-corrected chi connectivity index (χ0v) is 12.1. The number of rotatable bonds is 5. The molecule has 1 nitrogen and oxygen atoms in total. The molecule has 0 amide bonds. The van der Waals surface area contributed by atoms with Crippen molar-refractivity contribution in [2.75, 3.05) is 18.0 Å². The molecule has 1 fully saturated rings. The van der Waals surface area contributed by atoms with Crippen LogP contribution in [0, 0.1) is 17.6 Å². The Kier molecular flexibility index (Phi) is 4.60. The van der Waals surface area contributed by atoms with Crippen LogP contribution < -0.4 is 4.90 Å². The molecule has 0 radical (unpaired) electrons. The fourth-order valence-corrected chi connectivity index (χ4v) is 2.69. The fourth-order valence-electron chi connectivity index (χ4n) is 2.36. The van der Waals surface area contributed by atoms with E-state index in [1.165, 1.54) is 31.4 Å². The number of anilines is 1. The second-order valence-corrected chi connectivity index (χ2v) is 5.44. The zero-order chi connectivity index (χ0) is 13.1. The first-order valence-electron chi connectivity index (χ1n) is 6.44. The van der Waals surface area contributed by atoms with Crippen molar-refractivity contribution in [2.45, 2.75) is 31.5 Å². The highest BCUT2D eigenvalue weighted by molar-refractivity contribution is 9.08. The van der Waals surface area contributed by atoms with Gasteiger partial charge in [-0.3, -0.25) is 0 Å². The van der Waals surface area contributed by atoms with E-state index in [9.17, 15) is 8.78 Å². The Bertz CT molecular complexity index is 395. The Labute approximate surface area is 115 Å². The maximum atomic E-state index is 14.0. The molecule has 1 aromatic rings. The van der Waals surface area contributed by atoms with E-state index in [-0.39, 0.29) is 5.69 Å². The van der Waals surface area contributed by atoms with E-state index in [1.54, 1.807) is 0 Å². The van der Waals surface area contributed by atoms with Crippen molar-refractivity contribution < 1.29 is 8.78 Å². The molecule has 0 atom stereocenters. The molecule has 100 valence electrons. The molecule has 0 spiro atoms. The number of alkyl halides is 1. The van der Waals surface area contributed by atoms with E-state index in [0.717, 1.165) is 6.54 Å². The van der Waals surface area contributed by atoms with Crippen molar-refractivity contribution in [3.05, 3.63) is 29.3 Å². The highest BCUT2D eigenvalue weighted by atomic mass is 79.9. The van der Waals surface area contributed by atoms with Gasteiger partial charge in [0.25, 0.3) is 0 Å². The van der Waals surface area contributed by atoms with Crippen LogP contribution in [0.2, 0.25) is 0 Å². The van der Waals surface area contributed by atoms with Gasteiger partial charge in [0.1, 0.15) is 17.3 Å². The summed E-state index contributed by atoms with van der Waals surface area (Å²) >= 11 is 3.22. The first-order valence-corrected chi connectivity index (χ1v) is 7.56. The summed E-state index contributed by atoms with van der Waals surface area (Å²) in [5.41, 5.74) is 0.766. The Morgan fingerprint density at radius 2 is 1.89 bits per heavy atom. The Balaban J connectivity index is 2.23. The number of hydrogen-bond donors (Lipinski definition) is 0. The maximum absolute atomic E-state index is 14.0.